The molecule has 0 saturated carbocycles. The van der Waals surface area contributed by atoms with Crippen LogP contribution in [0.5, 0.6) is 5.75 Å². The number of nitrogens with one attached hydrogen (secondary N) is 1. The van der Waals surface area contributed by atoms with Gasteiger partial charge in [0.05, 0.1) is 17.7 Å². The van der Waals surface area contributed by atoms with Crippen molar-refractivity contribution in [3.8, 4) is 5.75 Å². The molecule has 0 radical (unpaired) electrons. The van der Waals surface area contributed by atoms with E-state index >= 15 is 0 Å². The predicted octanol–water partition coefficient (Wildman–Crippen LogP) is 2.91. The molecule has 0 unspecified atom stereocenters. The van der Waals surface area contributed by atoms with Gasteiger partial charge in [-0.1, -0.05) is 18.2 Å². The molecule has 0 atom stereocenters. The van der Waals surface area contributed by atoms with E-state index in [2.05, 4.69) is 10.5 Å². The van der Waals surface area contributed by atoms with Gasteiger partial charge in [0.1, 0.15) is 5.75 Å². The first-order valence-electron chi connectivity index (χ1n) is 5.89. The first-order valence-corrected chi connectivity index (χ1v) is 6.77. The van der Waals surface area contributed by atoms with Gasteiger partial charge in [-0.25, -0.2) is 5.43 Å². The highest BCUT2D eigenvalue weighted by molar-refractivity contribution is 7.12. The predicted molar refractivity (Wildman–Crippen MR) is 77.0 cm³/mol. The second kappa shape index (κ2) is 6.70. The molecule has 1 aromatic heterocycles. The van der Waals surface area contributed by atoms with Crippen LogP contribution < -0.4 is 10.2 Å². The lowest BCUT2D eigenvalue weighted by Crippen LogP contribution is -2.16. The van der Waals surface area contributed by atoms with E-state index in [0.29, 0.717) is 11.5 Å². The Morgan fingerprint density at radius 2 is 2.32 bits per heavy atom. The maximum absolute atomic E-state index is 11.6. The molecule has 1 N–H and O–H groups in total. The number of hydrazone groups is 1. The summed E-state index contributed by atoms with van der Waals surface area (Å²) in [4.78, 5) is 12.3. The molecule has 1 amide bonds. The molecule has 1 aromatic carbocycles. The van der Waals surface area contributed by atoms with Crippen LogP contribution in [0.4, 0.5) is 0 Å². The third-order valence-corrected chi connectivity index (χ3v) is 3.16. The van der Waals surface area contributed by atoms with Crippen molar-refractivity contribution < 1.29 is 9.53 Å². The van der Waals surface area contributed by atoms with Crippen molar-refractivity contribution in [2.24, 2.45) is 5.10 Å². The summed E-state index contributed by atoms with van der Waals surface area (Å²) in [6.45, 7) is 2.55. The van der Waals surface area contributed by atoms with Crippen molar-refractivity contribution in [2.75, 3.05) is 6.61 Å². The van der Waals surface area contributed by atoms with Crippen LogP contribution in [-0.4, -0.2) is 18.7 Å². The molecule has 0 saturated heterocycles. The van der Waals surface area contributed by atoms with Gasteiger partial charge in [0.2, 0.25) is 0 Å². The molecule has 2 aromatic rings. The summed E-state index contributed by atoms with van der Waals surface area (Å²) < 4.78 is 5.39. The lowest BCUT2D eigenvalue weighted by Gasteiger charge is -2.02. The van der Waals surface area contributed by atoms with Gasteiger partial charge >= 0.3 is 0 Å². The Balaban J connectivity index is 1.95. The van der Waals surface area contributed by atoms with E-state index in [1.165, 1.54) is 11.3 Å². The van der Waals surface area contributed by atoms with Crippen LogP contribution in [-0.2, 0) is 0 Å². The molecule has 0 aliphatic rings. The second-order valence-corrected chi connectivity index (χ2v) is 4.63. The Morgan fingerprint density at radius 3 is 3.05 bits per heavy atom. The molecule has 0 bridgehead atoms. The number of carbonyl (C=O) groups is 1. The third kappa shape index (κ3) is 3.93. The van der Waals surface area contributed by atoms with Gasteiger partial charge < -0.3 is 4.74 Å². The molecule has 5 heteroatoms. The van der Waals surface area contributed by atoms with Crippen molar-refractivity contribution in [3.63, 3.8) is 0 Å². The number of benzene rings is 1. The number of rotatable bonds is 5. The fraction of sp³-hybridized carbons (Fsp3) is 0.143. The zero-order valence-corrected chi connectivity index (χ0v) is 11.3. The van der Waals surface area contributed by atoms with Crippen LogP contribution in [0.15, 0.2) is 46.9 Å². The number of hydrogen-bond acceptors (Lipinski definition) is 4. The lowest BCUT2D eigenvalue weighted by molar-refractivity contribution is 0.0959. The number of amides is 1. The molecule has 0 aliphatic carbocycles. The topological polar surface area (TPSA) is 50.7 Å². The lowest BCUT2D eigenvalue weighted by atomic mass is 10.2. The number of thiophene rings is 1. The fourth-order valence-electron chi connectivity index (χ4n) is 1.48. The van der Waals surface area contributed by atoms with Gasteiger partial charge in [0, 0.05) is 0 Å². The summed E-state index contributed by atoms with van der Waals surface area (Å²) in [6.07, 6.45) is 1.59. The van der Waals surface area contributed by atoms with Crippen molar-refractivity contribution >= 4 is 23.5 Å². The number of ether oxygens (including phenoxy) is 1. The van der Waals surface area contributed by atoms with Crippen LogP contribution in [0.1, 0.15) is 22.2 Å². The largest absolute Gasteiger partial charge is 0.494 e. The molecular weight excluding hydrogens is 260 g/mol. The average Bonchev–Trinajstić information content (AvgIpc) is 2.93. The van der Waals surface area contributed by atoms with Crippen LogP contribution in [0, 0.1) is 0 Å². The van der Waals surface area contributed by atoms with Gasteiger partial charge in [-0.3, -0.25) is 4.79 Å². The molecule has 0 spiro atoms. The molecule has 0 fully saturated rings. The van der Waals surface area contributed by atoms with Gasteiger partial charge in [-0.05, 0) is 36.1 Å². The molecule has 19 heavy (non-hydrogen) atoms. The molecule has 2 rings (SSSR count). The first-order chi connectivity index (χ1) is 9.29. The Kier molecular flexibility index (Phi) is 4.69. The first kappa shape index (κ1) is 13.3. The number of nitrogens with zero attached hydrogens (tertiary/aromatic N) is 1. The Bertz CT molecular complexity index is 565. The maximum atomic E-state index is 11.6. The highest BCUT2D eigenvalue weighted by Crippen LogP contribution is 2.11. The Hall–Kier alpha value is -2.14. The summed E-state index contributed by atoms with van der Waals surface area (Å²) in [7, 11) is 0. The van der Waals surface area contributed by atoms with Gasteiger partial charge in [-0.15, -0.1) is 11.3 Å². The third-order valence-electron chi connectivity index (χ3n) is 2.29. The standard InChI is InChI=1S/C14H14N2O2S/c1-2-18-12-6-3-5-11(9-12)10-15-16-14(17)13-7-4-8-19-13/h3-10H,2H2,1H3,(H,16,17)/b15-10+. The molecule has 4 nitrogen and oxygen atoms in total. The minimum atomic E-state index is -0.202. The maximum Gasteiger partial charge on any atom is 0.281 e. The van der Waals surface area contributed by atoms with Crippen LogP contribution in [0.25, 0.3) is 0 Å². The summed E-state index contributed by atoms with van der Waals surface area (Å²) in [5, 5.41) is 5.78. The average molecular weight is 274 g/mol. The highest BCUT2D eigenvalue weighted by Gasteiger charge is 2.03. The van der Waals surface area contributed by atoms with Crippen molar-refractivity contribution in [2.45, 2.75) is 6.92 Å². The monoisotopic (exact) mass is 274 g/mol. The highest BCUT2D eigenvalue weighted by atomic mass is 32.1. The van der Waals surface area contributed by atoms with Crippen LogP contribution in [0.2, 0.25) is 0 Å². The van der Waals surface area contributed by atoms with Gasteiger partial charge in [0.15, 0.2) is 0 Å². The summed E-state index contributed by atoms with van der Waals surface area (Å²) >= 11 is 1.38. The van der Waals surface area contributed by atoms with Crippen LogP contribution >= 0.6 is 11.3 Å². The molecular formula is C14H14N2O2S. The van der Waals surface area contributed by atoms with Gasteiger partial charge in [-0.2, -0.15) is 5.10 Å². The zero-order chi connectivity index (χ0) is 13.5. The normalized spacial score (nSPS) is 10.6. The number of carbonyl (C=O) groups excluding carboxylic acids is 1. The van der Waals surface area contributed by atoms with E-state index in [1.807, 2.05) is 42.6 Å². The number of hydrogen-bond donors (Lipinski definition) is 1. The molecule has 98 valence electrons. The fourth-order valence-corrected chi connectivity index (χ4v) is 2.09. The SMILES string of the molecule is CCOc1cccc(/C=N/NC(=O)c2cccs2)c1. The smallest absolute Gasteiger partial charge is 0.281 e. The quantitative estimate of drug-likeness (QED) is 0.673. The second-order valence-electron chi connectivity index (χ2n) is 3.68. The Morgan fingerprint density at radius 1 is 1.42 bits per heavy atom. The molecule has 0 aliphatic heterocycles. The van der Waals surface area contributed by atoms with Crippen molar-refractivity contribution in [1.82, 2.24) is 5.43 Å². The Labute approximate surface area is 115 Å². The van der Waals surface area contributed by atoms with Crippen LogP contribution in [0.3, 0.4) is 0 Å². The van der Waals surface area contributed by atoms with Gasteiger partial charge in [0.25, 0.3) is 5.91 Å². The van der Waals surface area contributed by atoms with E-state index in [0.717, 1.165) is 11.3 Å². The van der Waals surface area contributed by atoms with Crippen molar-refractivity contribution in [3.05, 3.63) is 52.2 Å². The van der Waals surface area contributed by atoms with E-state index in [1.54, 1.807) is 12.3 Å². The van der Waals surface area contributed by atoms with Crippen molar-refractivity contribution in [1.29, 1.82) is 0 Å². The summed E-state index contributed by atoms with van der Waals surface area (Å²) in [5.41, 5.74) is 3.36. The summed E-state index contributed by atoms with van der Waals surface area (Å²) in [6, 6.07) is 11.1. The van der Waals surface area contributed by atoms with E-state index in [9.17, 15) is 4.79 Å². The molecule has 1 heterocycles. The summed E-state index contributed by atoms with van der Waals surface area (Å²) in [5.74, 6) is 0.586. The van der Waals surface area contributed by atoms with E-state index in [-0.39, 0.29) is 5.91 Å². The van der Waals surface area contributed by atoms with E-state index < -0.39 is 0 Å². The minimum absolute atomic E-state index is 0.202. The van der Waals surface area contributed by atoms with E-state index in [4.69, 9.17) is 4.74 Å². The zero-order valence-electron chi connectivity index (χ0n) is 10.5. The minimum Gasteiger partial charge on any atom is -0.494 e.